The summed E-state index contributed by atoms with van der Waals surface area (Å²) in [5.41, 5.74) is 1.92. The maximum atomic E-state index is 10.4. The summed E-state index contributed by atoms with van der Waals surface area (Å²) in [4.78, 5) is 0. The Bertz CT molecular complexity index is 676. The molecule has 100 valence electrons. The number of ether oxygens (including phenoxy) is 2. The predicted octanol–water partition coefficient (Wildman–Crippen LogP) is 2.41. The van der Waals surface area contributed by atoms with Gasteiger partial charge in [0, 0.05) is 0 Å². The molecule has 3 rings (SSSR count). The van der Waals surface area contributed by atoms with Crippen LogP contribution in [0.4, 0.5) is 0 Å². The average Bonchev–Trinajstić information content (AvgIpc) is 2.53. The monoisotopic (exact) mass is 267 g/mol. The van der Waals surface area contributed by atoms with Crippen molar-refractivity contribution in [2.24, 2.45) is 0 Å². The van der Waals surface area contributed by atoms with Crippen molar-refractivity contribution in [3.8, 4) is 17.6 Å². The Morgan fingerprint density at radius 2 is 1.75 bits per heavy atom. The number of aliphatic hydroxyl groups is 1. The molecule has 0 fully saturated rings. The molecular weight excluding hydrogens is 254 g/mol. The molecule has 0 aromatic heterocycles. The lowest BCUT2D eigenvalue weighted by Gasteiger charge is -2.20. The molecule has 1 atom stereocenters. The molecule has 0 saturated carbocycles. The second-order valence-corrected chi connectivity index (χ2v) is 4.54. The zero-order valence-electron chi connectivity index (χ0n) is 10.7. The molecule has 1 aliphatic rings. The Labute approximate surface area is 116 Å². The van der Waals surface area contributed by atoms with Crippen molar-refractivity contribution in [1.82, 2.24) is 0 Å². The second-order valence-electron chi connectivity index (χ2n) is 4.54. The molecule has 0 spiro atoms. The van der Waals surface area contributed by atoms with Crippen LogP contribution in [0.5, 0.6) is 11.5 Å². The topological polar surface area (TPSA) is 62.5 Å². The van der Waals surface area contributed by atoms with E-state index in [9.17, 15) is 5.11 Å². The van der Waals surface area contributed by atoms with Crippen LogP contribution in [0.25, 0.3) is 0 Å². The quantitative estimate of drug-likeness (QED) is 0.907. The van der Waals surface area contributed by atoms with Crippen LogP contribution in [-0.4, -0.2) is 18.3 Å². The third-order valence-corrected chi connectivity index (χ3v) is 3.21. The first-order valence-corrected chi connectivity index (χ1v) is 6.35. The molecule has 1 unspecified atom stereocenters. The predicted molar refractivity (Wildman–Crippen MR) is 72.7 cm³/mol. The van der Waals surface area contributed by atoms with Crippen LogP contribution in [0.2, 0.25) is 0 Å². The number of benzene rings is 2. The maximum Gasteiger partial charge on any atom is 0.161 e. The molecule has 2 aromatic rings. The van der Waals surface area contributed by atoms with Gasteiger partial charge in [-0.1, -0.05) is 18.2 Å². The molecule has 20 heavy (non-hydrogen) atoms. The van der Waals surface area contributed by atoms with Crippen molar-refractivity contribution in [1.29, 1.82) is 5.26 Å². The lowest BCUT2D eigenvalue weighted by atomic mass is 9.99. The van der Waals surface area contributed by atoms with E-state index in [1.807, 2.05) is 0 Å². The van der Waals surface area contributed by atoms with E-state index in [1.165, 1.54) is 0 Å². The molecule has 0 radical (unpaired) electrons. The number of nitriles is 1. The third kappa shape index (κ3) is 2.31. The van der Waals surface area contributed by atoms with Crippen molar-refractivity contribution >= 4 is 0 Å². The normalized spacial score (nSPS) is 14.4. The number of fused-ring (bicyclic) bond motifs is 1. The first kappa shape index (κ1) is 12.5. The molecule has 1 aliphatic heterocycles. The van der Waals surface area contributed by atoms with E-state index in [-0.39, 0.29) is 0 Å². The smallest absolute Gasteiger partial charge is 0.161 e. The van der Waals surface area contributed by atoms with Gasteiger partial charge in [-0.15, -0.1) is 0 Å². The highest BCUT2D eigenvalue weighted by molar-refractivity contribution is 5.46. The average molecular weight is 267 g/mol. The van der Waals surface area contributed by atoms with E-state index in [1.54, 1.807) is 42.5 Å². The highest BCUT2D eigenvalue weighted by Crippen LogP contribution is 2.34. The Balaban J connectivity index is 1.93. The summed E-state index contributed by atoms with van der Waals surface area (Å²) in [7, 11) is 0. The molecule has 4 nitrogen and oxygen atoms in total. The van der Waals surface area contributed by atoms with Crippen molar-refractivity contribution in [2.45, 2.75) is 6.10 Å². The first-order valence-electron chi connectivity index (χ1n) is 6.35. The first-order chi connectivity index (χ1) is 9.78. The van der Waals surface area contributed by atoms with Crippen LogP contribution in [0, 0.1) is 11.3 Å². The Morgan fingerprint density at radius 3 is 2.55 bits per heavy atom. The van der Waals surface area contributed by atoms with Crippen molar-refractivity contribution < 1.29 is 14.6 Å². The van der Waals surface area contributed by atoms with E-state index >= 15 is 0 Å². The summed E-state index contributed by atoms with van der Waals surface area (Å²) in [5, 5.41) is 19.3. The van der Waals surface area contributed by atoms with Crippen LogP contribution in [-0.2, 0) is 0 Å². The summed E-state index contributed by atoms with van der Waals surface area (Å²) < 4.78 is 11.0. The van der Waals surface area contributed by atoms with E-state index in [0.29, 0.717) is 41.4 Å². The molecule has 1 heterocycles. The standard InChI is InChI=1S/C16H13NO3/c17-10-11-2-1-3-12(8-11)16(18)13-4-5-14-15(9-13)20-7-6-19-14/h1-5,8-9,16,18H,6-7H2. The lowest BCUT2D eigenvalue weighted by molar-refractivity contribution is 0.169. The largest absolute Gasteiger partial charge is 0.486 e. The van der Waals surface area contributed by atoms with Gasteiger partial charge in [-0.3, -0.25) is 0 Å². The zero-order chi connectivity index (χ0) is 13.9. The number of hydrogen-bond donors (Lipinski definition) is 1. The van der Waals surface area contributed by atoms with Crippen molar-refractivity contribution in [3.05, 3.63) is 59.2 Å². The van der Waals surface area contributed by atoms with Gasteiger partial charge in [0.2, 0.25) is 0 Å². The van der Waals surface area contributed by atoms with Crippen molar-refractivity contribution in [2.75, 3.05) is 13.2 Å². The van der Waals surface area contributed by atoms with Gasteiger partial charge in [-0.25, -0.2) is 0 Å². The van der Waals surface area contributed by atoms with Crippen LogP contribution in [0.1, 0.15) is 22.8 Å². The van der Waals surface area contributed by atoms with Crippen LogP contribution < -0.4 is 9.47 Å². The molecule has 0 bridgehead atoms. The summed E-state index contributed by atoms with van der Waals surface area (Å²) in [6, 6.07) is 14.4. The third-order valence-electron chi connectivity index (χ3n) is 3.21. The minimum Gasteiger partial charge on any atom is -0.486 e. The summed E-state index contributed by atoms with van der Waals surface area (Å²) in [6.45, 7) is 1.05. The van der Waals surface area contributed by atoms with Crippen LogP contribution in [0.3, 0.4) is 0 Å². The van der Waals surface area contributed by atoms with Crippen LogP contribution in [0.15, 0.2) is 42.5 Å². The fraction of sp³-hybridized carbons (Fsp3) is 0.188. The molecule has 0 saturated heterocycles. The van der Waals surface area contributed by atoms with E-state index in [0.717, 1.165) is 0 Å². The summed E-state index contributed by atoms with van der Waals surface area (Å²) in [5.74, 6) is 1.34. The SMILES string of the molecule is N#Cc1cccc(C(O)c2ccc3c(c2)OCCO3)c1. The highest BCUT2D eigenvalue weighted by atomic mass is 16.6. The van der Waals surface area contributed by atoms with Gasteiger partial charge >= 0.3 is 0 Å². The summed E-state index contributed by atoms with van der Waals surface area (Å²) >= 11 is 0. The van der Waals surface area contributed by atoms with Gasteiger partial charge in [-0.2, -0.15) is 5.26 Å². The van der Waals surface area contributed by atoms with E-state index in [4.69, 9.17) is 14.7 Å². The van der Waals surface area contributed by atoms with Gasteiger partial charge in [0.1, 0.15) is 19.3 Å². The Morgan fingerprint density at radius 1 is 1.00 bits per heavy atom. The van der Waals surface area contributed by atoms with Crippen LogP contribution >= 0.6 is 0 Å². The molecule has 1 N–H and O–H groups in total. The molecule has 2 aromatic carbocycles. The van der Waals surface area contributed by atoms with Gasteiger partial charge in [0.05, 0.1) is 11.6 Å². The molecule has 4 heteroatoms. The summed E-state index contributed by atoms with van der Waals surface area (Å²) in [6.07, 6.45) is -0.792. The number of aliphatic hydroxyl groups excluding tert-OH is 1. The minimum absolute atomic E-state index is 0.510. The van der Waals surface area contributed by atoms with E-state index < -0.39 is 6.10 Å². The van der Waals surface area contributed by atoms with Gasteiger partial charge in [0.15, 0.2) is 11.5 Å². The fourth-order valence-corrected chi connectivity index (χ4v) is 2.20. The zero-order valence-corrected chi connectivity index (χ0v) is 10.7. The lowest BCUT2D eigenvalue weighted by Crippen LogP contribution is -2.15. The Hall–Kier alpha value is -2.51. The Kier molecular flexibility index (Phi) is 3.28. The van der Waals surface area contributed by atoms with Gasteiger partial charge in [-0.05, 0) is 35.4 Å². The number of hydrogen-bond acceptors (Lipinski definition) is 4. The molecular formula is C16H13NO3. The highest BCUT2D eigenvalue weighted by Gasteiger charge is 2.16. The molecule has 0 amide bonds. The fourth-order valence-electron chi connectivity index (χ4n) is 2.20. The van der Waals surface area contributed by atoms with Gasteiger partial charge < -0.3 is 14.6 Å². The van der Waals surface area contributed by atoms with Gasteiger partial charge in [0.25, 0.3) is 0 Å². The second kappa shape index (κ2) is 5.24. The van der Waals surface area contributed by atoms with E-state index in [2.05, 4.69) is 6.07 Å². The number of rotatable bonds is 2. The number of nitrogens with zero attached hydrogens (tertiary/aromatic N) is 1. The minimum atomic E-state index is -0.792. The maximum absolute atomic E-state index is 10.4. The van der Waals surface area contributed by atoms with Crippen molar-refractivity contribution in [3.63, 3.8) is 0 Å². The molecule has 0 aliphatic carbocycles.